The van der Waals surface area contributed by atoms with Crippen LogP contribution in [0.2, 0.25) is 0 Å². The predicted octanol–water partition coefficient (Wildman–Crippen LogP) is 3.51. The molecule has 0 bridgehead atoms. The average Bonchev–Trinajstić information content (AvgIpc) is 2.48. The molecule has 0 saturated heterocycles. The molecule has 0 fully saturated rings. The maximum Gasteiger partial charge on any atom is 0.302 e. The molecule has 0 aliphatic heterocycles. The molecule has 2 rings (SSSR count). The normalized spacial score (nSPS) is 13.5. The fourth-order valence-corrected chi connectivity index (χ4v) is 2.19. The van der Waals surface area contributed by atoms with Gasteiger partial charge in [0.15, 0.2) is 0 Å². The molecule has 21 heavy (non-hydrogen) atoms. The van der Waals surface area contributed by atoms with Gasteiger partial charge in [-0.2, -0.15) is 0 Å². The summed E-state index contributed by atoms with van der Waals surface area (Å²) in [7, 11) is 0. The zero-order chi connectivity index (χ0) is 15.3. The highest BCUT2D eigenvalue weighted by molar-refractivity contribution is 5.66. The van der Waals surface area contributed by atoms with Crippen molar-refractivity contribution < 1.29 is 14.6 Å². The Morgan fingerprint density at radius 2 is 1.62 bits per heavy atom. The summed E-state index contributed by atoms with van der Waals surface area (Å²) in [6, 6.07) is 17.9. The fourth-order valence-electron chi connectivity index (χ4n) is 2.19. The number of aliphatic hydroxyl groups is 1. The van der Waals surface area contributed by atoms with Crippen LogP contribution in [0.15, 0.2) is 54.6 Å². The van der Waals surface area contributed by atoms with Gasteiger partial charge in [0.25, 0.3) is 0 Å². The molecule has 110 valence electrons. The minimum absolute atomic E-state index is 0.211. The summed E-state index contributed by atoms with van der Waals surface area (Å²) in [6.45, 7) is 3.31. The van der Waals surface area contributed by atoms with Crippen molar-refractivity contribution in [3.8, 4) is 11.1 Å². The minimum Gasteiger partial charge on any atom is -0.466 e. The molecule has 0 saturated carbocycles. The topological polar surface area (TPSA) is 46.5 Å². The summed E-state index contributed by atoms with van der Waals surface area (Å²) in [5, 5.41) is 10.5. The zero-order valence-corrected chi connectivity index (χ0v) is 12.4. The van der Waals surface area contributed by atoms with Gasteiger partial charge in [0.05, 0.1) is 12.2 Å². The van der Waals surface area contributed by atoms with Gasteiger partial charge in [-0.25, -0.2) is 0 Å². The maximum atomic E-state index is 10.8. The van der Waals surface area contributed by atoms with Crippen LogP contribution in [-0.2, 0) is 15.1 Å². The van der Waals surface area contributed by atoms with Crippen LogP contribution in [-0.4, -0.2) is 17.7 Å². The molecule has 0 heterocycles. The third-order valence-electron chi connectivity index (χ3n) is 3.51. The highest BCUT2D eigenvalue weighted by Gasteiger charge is 2.23. The van der Waals surface area contributed by atoms with Gasteiger partial charge in [0.2, 0.25) is 0 Å². The second kappa shape index (κ2) is 6.55. The van der Waals surface area contributed by atoms with Gasteiger partial charge >= 0.3 is 5.97 Å². The van der Waals surface area contributed by atoms with Crippen LogP contribution >= 0.6 is 0 Å². The van der Waals surface area contributed by atoms with E-state index in [-0.39, 0.29) is 12.6 Å². The highest BCUT2D eigenvalue weighted by Crippen LogP contribution is 2.27. The average molecular weight is 284 g/mol. The van der Waals surface area contributed by atoms with Crippen LogP contribution in [0.3, 0.4) is 0 Å². The molecule has 0 aromatic heterocycles. The predicted molar refractivity (Wildman–Crippen MR) is 82.7 cm³/mol. The fraction of sp³-hybridized carbons (Fsp3) is 0.278. The van der Waals surface area contributed by atoms with Crippen molar-refractivity contribution in [2.45, 2.75) is 25.9 Å². The highest BCUT2D eigenvalue weighted by atomic mass is 16.5. The summed E-state index contributed by atoms with van der Waals surface area (Å²) in [5.74, 6) is -0.328. The lowest BCUT2D eigenvalue weighted by molar-refractivity contribution is -0.142. The molecular weight excluding hydrogens is 264 g/mol. The van der Waals surface area contributed by atoms with Gasteiger partial charge < -0.3 is 9.84 Å². The Labute approximate surface area is 125 Å². The van der Waals surface area contributed by atoms with Crippen molar-refractivity contribution in [3.05, 3.63) is 60.2 Å². The van der Waals surface area contributed by atoms with E-state index >= 15 is 0 Å². The number of carbonyl (C=O) groups is 1. The molecule has 0 radical (unpaired) electrons. The molecule has 2 aromatic rings. The van der Waals surface area contributed by atoms with Crippen LogP contribution in [0.5, 0.6) is 0 Å². The van der Waals surface area contributed by atoms with Gasteiger partial charge in [-0.05, 0) is 23.6 Å². The summed E-state index contributed by atoms with van der Waals surface area (Å²) in [4.78, 5) is 10.8. The first-order valence-electron chi connectivity index (χ1n) is 7.01. The van der Waals surface area contributed by atoms with Crippen LogP contribution in [0, 0.1) is 0 Å². The van der Waals surface area contributed by atoms with Gasteiger partial charge in [-0.3, -0.25) is 4.79 Å². The lowest BCUT2D eigenvalue weighted by Crippen LogP contribution is -2.23. The SMILES string of the molecule is CC(=O)OCCC(C)(O)c1ccc(-c2ccccc2)cc1. The lowest BCUT2D eigenvalue weighted by atomic mass is 9.91. The van der Waals surface area contributed by atoms with Crippen molar-refractivity contribution >= 4 is 5.97 Å². The molecule has 1 N–H and O–H groups in total. The van der Waals surface area contributed by atoms with Crippen molar-refractivity contribution in [2.75, 3.05) is 6.61 Å². The van der Waals surface area contributed by atoms with E-state index in [2.05, 4.69) is 0 Å². The molecule has 2 aromatic carbocycles. The Hall–Kier alpha value is -2.13. The Balaban J connectivity index is 2.09. The number of benzene rings is 2. The minimum atomic E-state index is -1.01. The second-order valence-corrected chi connectivity index (χ2v) is 5.31. The Kier molecular flexibility index (Phi) is 4.76. The molecule has 1 atom stereocenters. The zero-order valence-electron chi connectivity index (χ0n) is 12.4. The molecule has 0 aliphatic rings. The summed E-state index contributed by atoms with van der Waals surface area (Å²) >= 11 is 0. The van der Waals surface area contributed by atoms with Gasteiger partial charge in [0.1, 0.15) is 0 Å². The Morgan fingerprint density at radius 1 is 1.05 bits per heavy atom. The standard InChI is InChI=1S/C18H20O3/c1-14(19)21-13-12-18(2,20)17-10-8-16(9-11-17)15-6-4-3-5-7-15/h3-11,20H,12-13H2,1-2H3. The van der Waals surface area contributed by atoms with Crippen LogP contribution in [0.25, 0.3) is 11.1 Å². The Morgan fingerprint density at radius 3 is 2.19 bits per heavy atom. The summed E-state index contributed by atoms with van der Waals surface area (Å²) in [5.41, 5.74) is 2.05. The molecule has 0 amide bonds. The number of carbonyl (C=O) groups excluding carboxylic acids is 1. The first-order valence-corrected chi connectivity index (χ1v) is 7.01. The van der Waals surface area contributed by atoms with Crippen molar-refractivity contribution in [1.29, 1.82) is 0 Å². The van der Waals surface area contributed by atoms with E-state index in [0.717, 1.165) is 16.7 Å². The largest absolute Gasteiger partial charge is 0.466 e. The van der Waals surface area contributed by atoms with Crippen LogP contribution in [0.1, 0.15) is 25.8 Å². The van der Waals surface area contributed by atoms with E-state index in [1.54, 1.807) is 6.92 Å². The maximum absolute atomic E-state index is 10.8. The first kappa shape index (κ1) is 15.3. The van der Waals surface area contributed by atoms with Crippen LogP contribution in [0.4, 0.5) is 0 Å². The molecule has 1 unspecified atom stereocenters. The number of hydrogen-bond acceptors (Lipinski definition) is 3. The summed E-state index contributed by atoms with van der Waals surface area (Å²) < 4.78 is 4.89. The van der Waals surface area contributed by atoms with Crippen molar-refractivity contribution in [2.24, 2.45) is 0 Å². The number of hydrogen-bond donors (Lipinski definition) is 1. The quantitative estimate of drug-likeness (QED) is 0.855. The Bertz CT molecular complexity index is 586. The van der Waals surface area contributed by atoms with E-state index in [4.69, 9.17) is 4.74 Å². The smallest absolute Gasteiger partial charge is 0.302 e. The monoisotopic (exact) mass is 284 g/mol. The lowest BCUT2D eigenvalue weighted by Gasteiger charge is -2.23. The number of esters is 1. The van der Waals surface area contributed by atoms with Crippen molar-refractivity contribution in [1.82, 2.24) is 0 Å². The first-order chi connectivity index (χ1) is 9.99. The number of rotatable bonds is 5. The molecular formula is C18H20O3. The van der Waals surface area contributed by atoms with E-state index in [1.165, 1.54) is 6.92 Å². The van der Waals surface area contributed by atoms with Gasteiger partial charge in [-0.15, -0.1) is 0 Å². The van der Waals surface area contributed by atoms with Gasteiger partial charge in [-0.1, -0.05) is 54.6 Å². The molecule has 3 nitrogen and oxygen atoms in total. The van der Waals surface area contributed by atoms with Crippen molar-refractivity contribution in [3.63, 3.8) is 0 Å². The van der Waals surface area contributed by atoms with E-state index in [9.17, 15) is 9.90 Å². The second-order valence-electron chi connectivity index (χ2n) is 5.31. The van der Waals surface area contributed by atoms with Gasteiger partial charge in [0, 0.05) is 13.3 Å². The molecule has 0 spiro atoms. The van der Waals surface area contributed by atoms with E-state index < -0.39 is 5.60 Å². The third-order valence-corrected chi connectivity index (χ3v) is 3.51. The molecule has 3 heteroatoms. The summed E-state index contributed by atoms with van der Waals surface area (Å²) in [6.07, 6.45) is 0.372. The van der Waals surface area contributed by atoms with Crippen LogP contribution < -0.4 is 0 Å². The third kappa shape index (κ3) is 4.17. The number of ether oxygens (including phenoxy) is 1. The van der Waals surface area contributed by atoms with E-state index in [1.807, 2.05) is 54.6 Å². The molecule has 0 aliphatic carbocycles. The van der Waals surface area contributed by atoms with E-state index in [0.29, 0.717) is 6.42 Å².